The van der Waals surface area contributed by atoms with Gasteiger partial charge >= 0.3 is 0 Å². The van der Waals surface area contributed by atoms with Crippen molar-refractivity contribution in [3.8, 4) is 5.75 Å². The van der Waals surface area contributed by atoms with E-state index in [0.717, 1.165) is 30.6 Å². The van der Waals surface area contributed by atoms with E-state index in [2.05, 4.69) is 6.92 Å². The fourth-order valence-corrected chi connectivity index (χ4v) is 4.41. The molecule has 0 spiro atoms. The number of anilines is 1. The van der Waals surface area contributed by atoms with Gasteiger partial charge in [-0.2, -0.15) is 0 Å². The SMILES string of the molecule is CCCCc1ccc(N2C(=O)C(SC(C)C)=C(c3ccc(OCC)cc3)C2=O)cc1. The number of ether oxygens (including phenoxy) is 1. The van der Waals surface area contributed by atoms with Gasteiger partial charge in [0.2, 0.25) is 0 Å². The fraction of sp³-hybridized carbons (Fsp3) is 0.360. The maximum absolute atomic E-state index is 13.4. The number of rotatable bonds is 9. The van der Waals surface area contributed by atoms with Crippen LogP contribution in [0.1, 0.15) is 51.7 Å². The second kappa shape index (κ2) is 9.98. The first-order chi connectivity index (χ1) is 14.5. The molecule has 0 unspecified atom stereocenters. The monoisotopic (exact) mass is 423 g/mol. The minimum atomic E-state index is -0.270. The van der Waals surface area contributed by atoms with Gasteiger partial charge in [0.1, 0.15) is 5.75 Å². The summed E-state index contributed by atoms with van der Waals surface area (Å²) in [5.41, 5.74) is 3.04. The summed E-state index contributed by atoms with van der Waals surface area (Å²) in [6, 6.07) is 15.1. The van der Waals surface area contributed by atoms with Crippen molar-refractivity contribution in [1.82, 2.24) is 0 Å². The third kappa shape index (κ3) is 4.78. The number of hydrogen-bond acceptors (Lipinski definition) is 4. The molecule has 30 heavy (non-hydrogen) atoms. The number of carbonyl (C=O) groups is 2. The lowest BCUT2D eigenvalue weighted by atomic mass is 10.1. The zero-order chi connectivity index (χ0) is 21.7. The van der Waals surface area contributed by atoms with Crippen LogP contribution in [0.4, 0.5) is 5.69 Å². The number of benzene rings is 2. The molecule has 158 valence electrons. The number of amides is 2. The van der Waals surface area contributed by atoms with Crippen LogP contribution in [0.25, 0.3) is 5.57 Å². The van der Waals surface area contributed by atoms with Gasteiger partial charge in [0.15, 0.2) is 0 Å². The highest BCUT2D eigenvalue weighted by Gasteiger charge is 2.40. The first-order valence-corrected chi connectivity index (χ1v) is 11.5. The van der Waals surface area contributed by atoms with Gasteiger partial charge in [-0.3, -0.25) is 9.59 Å². The van der Waals surface area contributed by atoms with Crippen LogP contribution in [-0.2, 0) is 16.0 Å². The van der Waals surface area contributed by atoms with Crippen molar-refractivity contribution in [3.05, 3.63) is 64.6 Å². The van der Waals surface area contributed by atoms with Crippen LogP contribution in [0.3, 0.4) is 0 Å². The van der Waals surface area contributed by atoms with Crippen LogP contribution in [0, 0.1) is 0 Å². The summed E-state index contributed by atoms with van der Waals surface area (Å²) in [5, 5.41) is 0.186. The Morgan fingerprint density at radius 1 is 0.933 bits per heavy atom. The largest absolute Gasteiger partial charge is 0.494 e. The first kappa shape index (κ1) is 22.2. The van der Waals surface area contributed by atoms with E-state index in [1.807, 2.05) is 69.3 Å². The molecular formula is C25H29NO3S. The van der Waals surface area contributed by atoms with Crippen molar-refractivity contribution in [2.75, 3.05) is 11.5 Å². The Bertz CT molecular complexity index is 930. The topological polar surface area (TPSA) is 46.6 Å². The number of thioether (sulfide) groups is 1. The molecule has 0 fully saturated rings. The molecule has 0 aliphatic carbocycles. The predicted molar refractivity (Wildman–Crippen MR) is 125 cm³/mol. The third-order valence-corrected chi connectivity index (χ3v) is 5.95. The molecule has 0 atom stereocenters. The van der Waals surface area contributed by atoms with Crippen LogP contribution in [0.15, 0.2) is 53.4 Å². The minimum Gasteiger partial charge on any atom is -0.494 e. The molecule has 1 heterocycles. The Balaban J connectivity index is 1.94. The Morgan fingerprint density at radius 3 is 2.17 bits per heavy atom. The van der Waals surface area contributed by atoms with Crippen molar-refractivity contribution in [1.29, 1.82) is 0 Å². The highest BCUT2D eigenvalue weighted by molar-refractivity contribution is 8.04. The lowest BCUT2D eigenvalue weighted by Gasteiger charge is -2.16. The molecular weight excluding hydrogens is 394 g/mol. The fourth-order valence-electron chi connectivity index (χ4n) is 3.42. The molecule has 1 aliphatic rings. The lowest BCUT2D eigenvalue weighted by Crippen LogP contribution is -2.31. The number of imide groups is 1. The summed E-state index contributed by atoms with van der Waals surface area (Å²) in [4.78, 5) is 28.5. The number of unbranched alkanes of at least 4 members (excludes halogenated alkanes) is 1. The lowest BCUT2D eigenvalue weighted by molar-refractivity contribution is -0.119. The number of hydrogen-bond donors (Lipinski definition) is 0. The van der Waals surface area contributed by atoms with E-state index in [-0.39, 0.29) is 17.1 Å². The Labute approximate surface area is 183 Å². The van der Waals surface area contributed by atoms with Crippen LogP contribution >= 0.6 is 11.8 Å². The first-order valence-electron chi connectivity index (χ1n) is 10.6. The van der Waals surface area contributed by atoms with Gasteiger partial charge in [0.05, 0.1) is 22.8 Å². The summed E-state index contributed by atoms with van der Waals surface area (Å²) in [6.07, 6.45) is 3.26. The smallest absolute Gasteiger partial charge is 0.272 e. The van der Waals surface area contributed by atoms with Crippen molar-refractivity contribution < 1.29 is 14.3 Å². The summed E-state index contributed by atoms with van der Waals surface area (Å²) < 4.78 is 5.51. The van der Waals surface area contributed by atoms with Crippen LogP contribution in [-0.4, -0.2) is 23.7 Å². The van der Waals surface area contributed by atoms with E-state index in [4.69, 9.17) is 4.74 Å². The highest BCUT2D eigenvalue weighted by Crippen LogP contribution is 2.40. The van der Waals surface area contributed by atoms with E-state index in [1.54, 1.807) is 0 Å². The van der Waals surface area contributed by atoms with Gasteiger partial charge < -0.3 is 4.74 Å². The van der Waals surface area contributed by atoms with E-state index < -0.39 is 0 Å². The Hall–Kier alpha value is -2.53. The van der Waals surface area contributed by atoms with Crippen LogP contribution < -0.4 is 9.64 Å². The Morgan fingerprint density at radius 2 is 1.60 bits per heavy atom. The Kier molecular flexibility index (Phi) is 7.38. The van der Waals surface area contributed by atoms with Crippen molar-refractivity contribution in [2.45, 2.75) is 52.2 Å². The normalized spacial score (nSPS) is 14.2. The van der Waals surface area contributed by atoms with Gasteiger partial charge in [-0.1, -0.05) is 51.5 Å². The molecule has 4 nitrogen and oxygen atoms in total. The number of nitrogens with zero attached hydrogens (tertiary/aromatic N) is 1. The average molecular weight is 424 g/mol. The molecule has 1 aliphatic heterocycles. The summed E-state index contributed by atoms with van der Waals surface area (Å²) in [6.45, 7) is 8.72. The van der Waals surface area contributed by atoms with Gasteiger partial charge in [-0.05, 0) is 55.2 Å². The highest BCUT2D eigenvalue weighted by atomic mass is 32.2. The maximum atomic E-state index is 13.4. The van der Waals surface area contributed by atoms with E-state index in [0.29, 0.717) is 22.8 Å². The molecule has 0 bridgehead atoms. The third-order valence-electron chi connectivity index (χ3n) is 4.86. The molecule has 2 amide bonds. The molecule has 3 rings (SSSR count). The molecule has 0 radical (unpaired) electrons. The molecule has 0 saturated carbocycles. The zero-order valence-corrected chi connectivity index (χ0v) is 18.9. The molecule has 5 heteroatoms. The maximum Gasteiger partial charge on any atom is 0.272 e. The zero-order valence-electron chi connectivity index (χ0n) is 18.1. The number of aryl methyl sites for hydroxylation is 1. The summed E-state index contributed by atoms with van der Waals surface area (Å²) in [7, 11) is 0. The molecule has 2 aromatic rings. The van der Waals surface area contributed by atoms with Crippen LogP contribution in [0.2, 0.25) is 0 Å². The molecule has 2 aromatic carbocycles. The van der Waals surface area contributed by atoms with E-state index in [1.165, 1.54) is 22.2 Å². The minimum absolute atomic E-state index is 0.186. The van der Waals surface area contributed by atoms with Gasteiger partial charge in [0.25, 0.3) is 11.8 Å². The quantitative estimate of drug-likeness (QED) is 0.474. The molecule has 0 aromatic heterocycles. The summed E-state index contributed by atoms with van der Waals surface area (Å²) in [5.74, 6) is 0.230. The second-order valence-electron chi connectivity index (χ2n) is 7.54. The van der Waals surface area contributed by atoms with E-state index >= 15 is 0 Å². The number of carbonyl (C=O) groups excluding carboxylic acids is 2. The van der Waals surface area contributed by atoms with E-state index in [9.17, 15) is 9.59 Å². The average Bonchev–Trinajstić information content (AvgIpc) is 2.97. The van der Waals surface area contributed by atoms with Gasteiger partial charge in [-0.25, -0.2) is 4.90 Å². The van der Waals surface area contributed by atoms with Crippen LogP contribution in [0.5, 0.6) is 5.75 Å². The second-order valence-corrected chi connectivity index (χ2v) is 9.13. The van der Waals surface area contributed by atoms with Gasteiger partial charge in [-0.15, -0.1) is 11.8 Å². The predicted octanol–water partition coefficient (Wildman–Crippen LogP) is 5.85. The van der Waals surface area contributed by atoms with Crippen molar-refractivity contribution in [3.63, 3.8) is 0 Å². The van der Waals surface area contributed by atoms with Gasteiger partial charge in [0, 0.05) is 5.25 Å². The van der Waals surface area contributed by atoms with Crippen molar-refractivity contribution >= 4 is 34.8 Å². The standard InChI is InChI=1S/C25H29NO3S/c1-5-7-8-18-9-13-20(14-10-18)26-24(27)22(23(25(26)28)30-17(3)4)19-11-15-21(16-12-19)29-6-2/h9-17H,5-8H2,1-4H3. The molecule has 0 saturated heterocycles. The summed E-state index contributed by atoms with van der Waals surface area (Å²) >= 11 is 1.44. The van der Waals surface area contributed by atoms with Crippen molar-refractivity contribution in [2.24, 2.45) is 0 Å². The molecule has 0 N–H and O–H groups in total.